The van der Waals surface area contributed by atoms with Crippen LogP contribution in [0.1, 0.15) is 23.6 Å². The molecule has 2 rings (SSSR count). The normalized spacial score (nSPS) is 20.2. The third-order valence-corrected chi connectivity index (χ3v) is 4.74. The zero-order chi connectivity index (χ0) is 13.9. The van der Waals surface area contributed by atoms with Crippen LogP contribution in [0, 0.1) is 0 Å². The van der Waals surface area contributed by atoms with Gasteiger partial charge < -0.3 is 5.73 Å². The molecule has 1 unspecified atom stereocenters. The van der Waals surface area contributed by atoms with E-state index in [2.05, 4.69) is 23.1 Å². The molecule has 1 aliphatic rings. The van der Waals surface area contributed by atoms with Gasteiger partial charge in [0, 0.05) is 25.4 Å². The maximum Gasteiger partial charge on any atom is 0.147 e. The van der Waals surface area contributed by atoms with E-state index in [1.165, 1.54) is 17.4 Å². The number of benzene rings is 1. The molecule has 1 aromatic carbocycles. The minimum Gasteiger partial charge on any atom is -0.329 e. The van der Waals surface area contributed by atoms with Gasteiger partial charge in [0.15, 0.2) is 0 Å². The van der Waals surface area contributed by atoms with Crippen LogP contribution in [0.2, 0.25) is 0 Å². The van der Waals surface area contributed by atoms with Crippen LogP contribution < -0.4 is 5.73 Å². The van der Waals surface area contributed by atoms with Crippen LogP contribution in [-0.2, 0) is 16.3 Å². The number of nitrogens with zero attached hydrogens (tertiary/aromatic N) is 1. The quantitative estimate of drug-likeness (QED) is 0.874. The standard InChI is InChI=1S/C14H22N2O2S/c1-19(17,18)10-4-8-16-9-7-12-5-2-3-6-13(12)14(16)11-15/h2-3,5-6,14H,4,7-11,15H2,1H3. The highest BCUT2D eigenvalue weighted by atomic mass is 32.2. The molecule has 0 radical (unpaired) electrons. The van der Waals surface area contributed by atoms with Gasteiger partial charge in [0.1, 0.15) is 9.84 Å². The van der Waals surface area contributed by atoms with E-state index in [0.29, 0.717) is 13.0 Å². The summed E-state index contributed by atoms with van der Waals surface area (Å²) in [5, 5.41) is 0. The van der Waals surface area contributed by atoms with Crippen LogP contribution in [0.25, 0.3) is 0 Å². The van der Waals surface area contributed by atoms with Gasteiger partial charge in [0.25, 0.3) is 0 Å². The molecule has 0 saturated carbocycles. The molecule has 0 aromatic heterocycles. The van der Waals surface area contributed by atoms with Gasteiger partial charge in [-0.05, 0) is 30.5 Å². The first-order valence-electron chi connectivity index (χ1n) is 6.71. The summed E-state index contributed by atoms with van der Waals surface area (Å²) >= 11 is 0. The van der Waals surface area contributed by atoms with E-state index >= 15 is 0 Å². The Morgan fingerprint density at radius 1 is 1.37 bits per heavy atom. The number of hydrogen-bond acceptors (Lipinski definition) is 4. The van der Waals surface area contributed by atoms with E-state index in [4.69, 9.17) is 5.73 Å². The molecule has 1 aliphatic heterocycles. The lowest BCUT2D eigenvalue weighted by Crippen LogP contribution is -2.40. The molecule has 19 heavy (non-hydrogen) atoms. The maximum absolute atomic E-state index is 11.2. The summed E-state index contributed by atoms with van der Waals surface area (Å²) in [6, 6.07) is 8.62. The zero-order valence-electron chi connectivity index (χ0n) is 11.4. The number of hydrogen-bond donors (Lipinski definition) is 1. The summed E-state index contributed by atoms with van der Waals surface area (Å²) in [6.07, 6.45) is 2.99. The third-order valence-electron chi connectivity index (χ3n) is 3.71. The molecular formula is C14H22N2O2S. The van der Waals surface area contributed by atoms with Crippen molar-refractivity contribution in [2.45, 2.75) is 18.9 Å². The molecule has 1 aromatic rings. The van der Waals surface area contributed by atoms with E-state index in [1.807, 2.05) is 6.07 Å². The van der Waals surface area contributed by atoms with Crippen molar-refractivity contribution < 1.29 is 8.42 Å². The van der Waals surface area contributed by atoms with E-state index in [0.717, 1.165) is 19.5 Å². The molecule has 0 amide bonds. The lowest BCUT2D eigenvalue weighted by Gasteiger charge is -2.36. The molecule has 0 saturated heterocycles. The van der Waals surface area contributed by atoms with Crippen molar-refractivity contribution in [1.29, 1.82) is 0 Å². The van der Waals surface area contributed by atoms with E-state index in [-0.39, 0.29) is 11.8 Å². The monoisotopic (exact) mass is 282 g/mol. The Labute approximate surface area is 115 Å². The van der Waals surface area contributed by atoms with Crippen molar-refractivity contribution in [2.24, 2.45) is 5.73 Å². The minimum absolute atomic E-state index is 0.226. The van der Waals surface area contributed by atoms with Crippen molar-refractivity contribution in [3.8, 4) is 0 Å². The van der Waals surface area contributed by atoms with Crippen LogP contribution in [0.3, 0.4) is 0 Å². The molecule has 0 aliphatic carbocycles. The van der Waals surface area contributed by atoms with Gasteiger partial charge in [-0.15, -0.1) is 0 Å². The summed E-state index contributed by atoms with van der Waals surface area (Å²) in [7, 11) is -2.87. The first kappa shape index (κ1) is 14.5. The Balaban J connectivity index is 2.03. The van der Waals surface area contributed by atoms with Gasteiger partial charge in [-0.2, -0.15) is 0 Å². The van der Waals surface area contributed by atoms with Gasteiger partial charge in [-0.25, -0.2) is 8.42 Å². The highest BCUT2D eigenvalue weighted by molar-refractivity contribution is 7.90. The molecule has 5 heteroatoms. The van der Waals surface area contributed by atoms with Gasteiger partial charge in [0.2, 0.25) is 0 Å². The highest BCUT2D eigenvalue weighted by Gasteiger charge is 2.25. The first-order chi connectivity index (χ1) is 9.01. The summed E-state index contributed by atoms with van der Waals surface area (Å²) in [6.45, 7) is 2.34. The first-order valence-corrected chi connectivity index (χ1v) is 8.77. The van der Waals surface area contributed by atoms with Crippen LogP contribution in [0.5, 0.6) is 0 Å². The Kier molecular flexibility index (Phi) is 4.60. The van der Waals surface area contributed by atoms with Gasteiger partial charge in [-0.1, -0.05) is 24.3 Å². The maximum atomic E-state index is 11.2. The summed E-state index contributed by atoms with van der Waals surface area (Å²) in [4.78, 5) is 2.31. The summed E-state index contributed by atoms with van der Waals surface area (Å²) in [5.41, 5.74) is 8.58. The Bertz CT molecular complexity index is 528. The Hall–Kier alpha value is -0.910. The van der Waals surface area contributed by atoms with Crippen molar-refractivity contribution in [3.63, 3.8) is 0 Å². The van der Waals surface area contributed by atoms with Crippen molar-refractivity contribution in [2.75, 3.05) is 31.6 Å². The van der Waals surface area contributed by atoms with Crippen LogP contribution in [0.15, 0.2) is 24.3 Å². The number of nitrogens with two attached hydrogens (primary N) is 1. The third kappa shape index (κ3) is 3.78. The summed E-state index contributed by atoms with van der Waals surface area (Å²) in [5.74, 6) is 0.252. The largest absolute Gasteiger partial charge is 0.329 e. The number of fused-ring (bicyclic) bond motifs is 1. The van der Waals surface area contributed by atoms with Crippen molar-refractivity contribution in [3.05, 3.63) is 35.4 Å². The zero-order valence-corrected chi connectivity index (χ0v) is 12.2. The van der Waals surface area contributed by atoms with Crippen molar-refractivity contribution >= 4 is 9.84 Å². The molecule has 0 spiro atoms. The van der Waals surface area contributed by atoms with Crippen LogP contribution in [-0.4, -0.2) is 45.0 Å². The predicted molar refractivity (Wildman–Crippen MR) is 77.8 cm³/mol. The lowest BCUT2D eigenvalue weighted by molar-refractivity contribution is 0.190. The fourth-order valence-electron chi connectivity index (χ4n) is 2.78. The molecule has 4 nitrogen and oxygen atoms in total. The molecule has 0 fully saturated rings. The van der Waals surface area contributed by atoms with E-state index in [9.17, 15) is 8.42 Å². The highest BCUT2D eigenvalue weighted by Crippen LogP contribution is 2.28. The molecule has 2 N–H and O–H groups in total. The topological polar surface area (TPSA) is 63.4 Å². The predicted octanol–water partition coefficient (Wildman–Crippen LogP) is 0.979. The smallest absolute Gasteiger partial charge is 0.147 e. The fraction of sp³-hybridized carbons (Fsp3) is 0.571. The average molecular weight is 282 g/mol. The van der Waals surface area contributed by atoms with Gasteiger partial charge in [0.05, 0.1) is 5.75 Å². The molecule has 1 heterocycles. The van der Waals surface area contributed by atoms with Gasteiger partial charge in [-0.3, -0.25) is 4.90 Å². The van der Waals surface area contributed by atoms with Crippen molar-refractivity contribution in [1.82, 2.24) is 4.90 Å². The summed E-state index contributed by atoms with van der Waals surface area (Å²) < 4.78 is 22.4. The second-order valence-corrected chi connectivity index (χ2v) is 7.48. The number of rotatable bonds is 5. The van der Waals surface area contributed by atoms with Crippen LogP contribution >= 0.6 is 0 Å². The lowest BCUT2D eigenvalue weighted by atomic mass is 9.92. The minimum atomic E-state index is -2.87. The van der Waals surface area contributed by atoms with Gasteiger partial charge >= 0.3 is 0 Å². The molecule has 106 valence electrons. The molecule has 0 bridgehead atoms. The Morgan fingerprint density at radius 3 is 2.79 bits per heavy atom. The number of sulfone groups is 1. The average Bonchev–Trinajstić information content (AvgIpc) is 2.37. The Morgan fingerprint density at radius 2 is 2.11 bits per heavy atom. The fourth-order valence-corrected chi connectivity index (χ4v) is 3.43. The SMILES string of the molecule is CS(=O)(=O)CCCN1CCc2ccccc2C1CN. The second-order valence-electron chi connectivity index (χ2n) is 5.22. The molecular weight excluding hydrogens is 260 g/mol. The second kappa shape index (κ2) is 6.03. The van der Waals surface area contributed by atoms with E-state index < -0.39 is 9.84 Å². The van der Waals surface area contributed by atoms with Crippen LogP contribution in [0.4, 0.5) is 0 Å². The molecule has 1 atom stereocenters. The van der Waals surface area contributed by atoms with E-state index in [1.54, 1.807) is 0 Å².